The van der Waals surface area contributed by atoms with Crippen LogP contribution in [0.4, 0.5) is 12.9 Å². The fourth-order valence-electron chi connectivity index (χ4n) is 1.50. The zero-order chi connectivity index (χ0) is 13.0. The van der Waals surface area contributed by atoms with E-state index < -0.39 is 12.4 Å². The first-order chi connectivity index (χ1) is 8.55. The SMILES string of the molecule is F[B-](F)(F)c1cncc(/C=C/c2ccccc2)c1.[K+]. The van der Waals surface area contributed by atoms with E-state index in [-0.39, 0.29) is 51.4 Å². The molecule has 1 aromatic carbocycles. The average molecular weight is 287 g/mol. The third kappa shape index (κ3) is 5.24. The van der Waals surface area contributed by atoms with Gasteiger partial charge >= 0.3 is 58.4 Å². The van der Waals surface area contributed by atoms with Crippen molar-refractivity contribution in [3.8, 4) is 0 Å². The molecule has 1 nitrogen and oxygen atoms in total. The molecular formula is C13H10BF3KN. The van der Waals surface area contributed by atoms with Gasteiger partial charge in [-0.1, -0.05) is 54.0 Å². The second-order valence-corrected chi connectivity index (χ2v) is 3.87. The predicted octanol–water partition coefficient (Wildman–Crippen LogP) is 0.310. The molecule has 1 aromatic heterocycles. The Balaban J connectivity index is 0.00000180. The summed E-state index contributed by atoms with van der Waals surface area (Å²) in [5.74, 6) is 0. The van der Waals surface area contributed by atoms with Gasteiger partial charge in [0.1, 0.15) is 0 Å². The van der Waals surface area contributed by atoms with E-state index in [1.807, 2.05) is 30.3 Å². The maximum Gasteiger partial charge on any atom is 1.00 e. The molecule has 0 spiro atoms. The van der Waals surface area contributed by atoms with Gasteiger partial charge in [0, 0.05) is 6.20 Å². The van der Waals surface area contributed by atoms with E-state index in [9.17, 15) is 12.9 Å². The third-order valence-corrected chi connectivity index (χ3v) is 2.43. The molecular weight excluding hydrogens is 277 g/mol. The van der Waals surface area contributed by atoms with Crippen LogP contribution in [0.2, 0.25) is 0 Å². The van der Waals surface area contributed by atoms with Crippen molar-refractivity contribution in [2.24, 2.45) is 0 Å². The molecule has 0 N–H and O–H groups in total. The molecule has 0 amide bonds. The van der Waals surface area contributed by atoms with E-state index in [0.29, 0.717) is 5.56 Å². The van der Waals surface area contributed by atoms with Crippen LogP contribution in [0.1, 0.15) is 11.1 Å². The van der Waals surface area contributed by atoms with Crippen molar-refractivity contribution in [2.45, 2.75) is 0 Å². The van der Waals surface area contributed by atoms with Crippen molar-refractivity contribution < 1.29 is 64.3 Å². The Kier molecular flexibility index (Phi) is 6.49. The molecule has 0 saturated carbocycles. The second-order valence-electron chi connectivity index (χ2n) is 3.87. The molecule has 0 aliphatic rings. The van der Waals surface area contributed by atoms with Crippen LogP contribution >= 0.6 is 0 Å². The zero-order valence-electron chi connectivity index (χ0n) is 10.4. The summed E-state index contributed by atoms with van der Waals surface area (Å²) in [6.45, 7) is -4.99. The van der Waals surface area contributed by atoms with Gasteiger partial charge in [-0.25, -0.2) is 0 Å². The Labute approximate surface area is 152 Å². The number of hydrogen-bond acceptors (Lipinski definition) is 1. The van der Waals surface area contributed by atoms with Crippen molar-refractivity contribution in [3.63, 3.8) is 0 Å². The van der Waals surface area contributed by atoms with Crippen LogP contribution in [0.3, 0.4) is 0 Å². The van der Waals surface area contributed by atoms with E-state index in [2.05, 4.69) is 4.98 Å². The van der Waals surface area contributed by atoms with Crippen LogP contribution in [0.5, 0.6) is 0 Å². The second kappa shape index (κ2) is 7.40. The van der Waals surface area contributed by atoms with Crippen LogP contribution in [-0.4, -0.2) is 12.0 Å². The maximum atomic E-state index is 12.5. The monoisotopic (exact) mass is 287 g/mol. The van der Waals surface area contributed by atoms with Gasteiger partial charge in [-0.05, 0) is 17.3 Å². The number of nitrogens with zero attached hydrogens (tertiary/aromatic N) is 1. The Morgan fingerprint density at radius 3 is 2.16 bits per heavy atom. The van der Waals surface area contributed by atoms with Crippen molar-refractivity contribution >= 4 is 24.6 Å². The number of hydrogen-bond donors (Lipinski definition) is 0. The van der Waals surface area contributed by atoms with Crippen LogP contribution in [0.15, 0.2) is 48.8 Å². The first-order valence-corrected chi connectivity index (χ1v) is 5.44. The van der Waals surface area contributed by atoms with Crippen molar-refractivity contribution in [1.29, 1.82) is 0 Å². The third-order valence-electron chi connectivity index (χ3n) is 2.43. The van der Waals surface area contributed by atoms with E-state index in [0.717, 1.165) is 17.8 Å². The minimum atomic E-state index is -4.99. The number of benzene rings is 1. The van der Waals surface area contributed by atoms with Crippen LogP contribution in [-0.2, 0) is 0 Å². The summed E-state index contributed by atoms with van der Waals surface area (Å²) in [5.41, 5.74) is 0.696. The van der Waals surface area contributed by atoms with Crippen molar-refractivity contribution in [2.75, 3.05) is 0 Å². The van der Waals surface area contributed by atoms with E-state index in [1.165, 1.54) is 6.20 Å². The van der Waals surface area contributed by atoms with Crippen molar-refractivity contribution in [1.82, 2.24) is 4.98 Å². The number of pyridine rings is 1. The van der Waals surface area contributed by atoms with Gasteiger partial charge in [0.15, 0.2) is 0 Å². The van der Waals surface area contributed by atoms with Crippen LogP contribution < -0.4 is 56.8 Å². The minimum Gasteiger partial charge on any atom is -0.445 e. The van der Waals surface area contributed by atoms with Gasteiger partial charge in [0.2, 0.25) is 0 Å². The summed E-state index contributed by atoms with van der Waals surface area (Å²) in [5, 5.41) is 0. The molecule has 0 radical (unpaired) electrons. The molecule has 0 bridgehead atoms. The fourth-order valence-corrected chi connectivity index (χ4v) is 1.50. The van der Waals surface area contributed by atoms with Crippen molar-refractivity contribution in [3.05, 3.63) is 59.9 Å². The molecule has 19 heavy (non-hydrogen) atoms. The normalized spacial score (nSPS) is 11.3. The molecule has 1 heterocycles. The standard InChI is InChI=1S/C13H10BF3N.K/c15-14(16,17)13-8-12(9-18-10-13)7-6-11-4-2-1-3-5-11;/h1-10H;/q-1;+1/b7-6+;. The van der Waals surface area contributed by atoms with Gasteiger partial charge in [0.25, 0.3) is 0 Å². The van der Waals surface area contributed by atoms with Gasteiger partial charge in [-0.2, -0.15) is 0 Å². The minimum absolute atomic E-state index is 0. The Morgan fingerprint density at radius 2 is 1.53 bits per heavy atom. The molecule has 0 atom stereocenters. The van der Waals surface area contributed by atoms with Crippen LogP contribution in [0.25, 0.3) is 12.2 Å². The van der Waals surface area contributed by atoms with E-state index >= 15 is 0 Å². The zero-order valence-corrected chi connectivity index (χ0v) is 13.6. The molecule has 6 heteroatoms. The van der Waals surface area contributed by atoms with Gasteiger partial charge in [-0.3, -0.25) is 4.98 Å². The van der Waals surface area contributed by atoms with E-state index in [4.69, 9.17) is 0 Å². The summed E-state index contributed by atoms with van der Waals surface area (Å²) >= 11 is 0. The maximum absolute atomic E-state index is 12.5. The topological polar surface area (TPSA) is 12.9 Å². The summed E-state index contributed by atoms with van der Waals surface area (Å²) in [6.07, 6.45) is 5.63. The smallest absolute Gasteiger partial charge is 0.445 e. The molecule has 0 unspecified atom stereocenters. The first-order valence-electron chi connectivity index (χ1n) is 5.44. The molecule has 0 fully saturated rings. The van der Waals surface area contributed by atoms with Gasteiger partial charge in [0.05, 0.1) is 0 Å². The van der Waals surface area contributed by atoms with Crippen LogP contribution in [0, 0.1) is 0 Å². The molecule has 2 rings (SSSR count). The summed E-state index contributed by atoms with van der Waals surface area (Å²) in [4.78, 5) is 3.61. The summed E-state index contributed by atoms with van der Waals surface area (Å²) < 4.78 is 37.6. The number of rotatable bonds is 3. The Morgan fingerprint density at radius 1 is 0.895 bits per heavy atom. The number of halogens is 3. The summed E-state index contributed by atoms with van der Waals surface area (Å²) in [6, 6.07) is 10.5. The Hall–Kier alpha value is -0.399. The van der Waals surface area contributed by atoms with E-state index in [1.54, 1.807) is 12.2 Å². The largest absolute Gasteiger partial charge is 1.00 e. The van der Waals surface area contributed by atoms with Gasteiger partial charge in [-0.15, -0.1) is 0 Å². The fraction of sp³-hybridized carbons (Fsp3) is 0. The first kappa shape index (κ1) is 16.7. The number of aromatic nitrogens is 1. The van der Waals surface area contributed by atoms with Gasteiger partial charge < -0.3 is 12.9 Å². The molecule has 92 valence electrons. The molecule has 2 aromatic rings. The average Bonchev–Trinajstić information content (AvgIpc) is 2.37. The molecule has 0 aliphatic heterocycles. The molecule has 0 saturated heterocycles. The quantitative estimate of drug-likeness (QED) is 0.741. The predicted molar refractivity (Wildman–Crippen MR) is 68.3 cm³/mol. The molecule has 0 aliphatic carbocycles. The summed E-state index contributed by atoms with van der Waals surface area (Å²) in [7, 11) is 0. The Bertz CT molecular complexity index is 555.